The van der Waals surface area contributed by atoms with Crippen LogP contribution in [-0.2, 0) is 4.79 Å². The molecule has 0 aromatic rings. The molecule has 0 rings (SSSR count). The van der Waals surface area contributed by atoms with Crippen LogP contribution in [0.5, 0.6) is 0 Å². The van der Waals surface area contributed by atoms with Crippen molar-refractivity contribution in [1.29, 1.82) is 0 Å². The third-order valence-electron chi connectivity index (χ3n) is 1.07. The van der Waals surface area contributed by atoms with E-state index in [-0.39, 0.29) is 6.54 Å². The van der Waals surface area contributed by atoms with E-state index in [2.05, 4.69) is 5.32 Å². The zero-order valence-electron chi connectivity index (χ0n) is 5.97. The summed E-state index contributed by atoms with van der Waals surface area (Å²) in [6.45, 7) is 1.80. The second-order valence-corrected chi connectivity index (χ2v) is 2.70. The molecule has 0 spiro atoms. The van der Waals surface area contributed by atoms with Gasteiger partial charge in [0.25, 0.3) is 0 Å². The number of hydrogen-bond donors (Lipinski definition) is 2. The first kappa shape index (κ1) is 10.8. The molecule has 0 bridgehead atoms. The van der Waals surface area contributed by atoms with Gasteiger partial charge < -0.3 is 5.11 Å². The normalized spacial score (nSPS) is 14.6. The molecule has 0 fully saturated rings. The minimum atomic E-state index is -0.913. The maximum atomic E-state index is 10.2. The predicted octanol–water partition coefficient (Wildman–Crippen LogP) is 1.37. The zero-order valence-corrected chi connectivity index (χ0v) is 7.49. The second-order valence-electron chi connectivity index (χ2n) is 2.00. The first-order chi connectivity index (χ1) is 5.07. The molecule has 5 heteroatoms. The van der Waals surface area contributed by atoms with Crippen LogP contribution in [0, 0.1) is 0 Å². The number of halogens is 2. The third-order valence-corrected chi connectivity index (χ3v) is 1.68. The number of carboxylic acids is 1. The molecule has 0 unspecified atom stereocenters. The van der Waals surface area contributed by atoms with Gasteiger partial charge in [-0.1, -0.05) is 23.2 Å². The van der Waals surface area contributed by atoms with Gasteiger partial charge in [-0.05, 0) is 6.92 Å². The molecule has 0 aliphatic carbocycles. The summed E-state index contributed by atoms with van der Waals surface area (Å²) >= 11 is 10.7. The van der Waals surface area contributed by atoms with Crippen LogP contribution in [0.15, 0.2) is 10.6 Å². The molecule has 0 saturated carbocycles. The molecule has 11 heavy (non-hydrogen) atoms. The Morgan fingerprint density at radius 2 is 2.36 bits per heavy atom. The molecule has 2 N–H and O–H groups in total. The number of carboxylic acid groups (broad SMARTS) is 1. The predicted molar refractivity (Wildman–Crippen MR) is 44.9 cm³/mol. The Bertz CT molecular complexity index is 170. The van der Waals surface area contributed by atoms with E-state index in [1.54, 1.807) is 0 Å². The summed E-state index contributed by atoms with van der Waals surface area (Å²) in [5, 5.41) is 11.4. The first-order valence-electron chi connectivity index (χ1n) is 2.99. The molecule has 0 aromatic heterocycles. The van der Waals surface area contributed by atoms with Gasteiger partial charge in [-0.25, -0.2) is 0 Å². The highest BCUT2D eigenvalue weighted by molar-refractivity contribution is 6.36. The average molecular weight is 198 g/mol. The van der Waals surface area contributed by atoms with Crippen molar-refractivity contribution in [2.45, 2.75) is 13.0 Å². The smallest absolute Gasteiger partial charge is 0.320 e. The molecule has 1 atom stereocenters. The zero-order chi connectivity index (χ0) is 8.85. The van der Waals surface area contributed by atoms with E-state index >= 15 is 0 Å². The van der Waals surface area contributed by atoms with Crippen LogP contribution in [-0.4, -0.2) is 23.7 Å². The SMILES string of the molecule is C[C@@H](NC/C(Cl)=C/Cl)C(=O)O. The summed E-state index contributed by atoms with van der Waals surface area (Å²) < 4.78 is 0. The van der Waals surface area contributed by atoms with Gasteiger partial charge in [0.05, 0.1) is 0 Å². The van der Waals surface area contributed by atoms with Gasteiger partial charge in [-0.3, -0.25) is 10.1 Å². The standard InChI is InChI=1S/C6H9Cl2NO2/c1-4(6(10)11)9-3-5(8)2-7/h2,4,9H,3H2,1H3,(H,10,11)/b5-2-/t4-/m1/s1. The van der Waals surface area contributed by atoms with Crippen LogP contribution < -0.4 is 5.32 Å². The van der Waals surface area contributed by atoms with Gasteiger partial charge in [0.1, 0.15) is 6.04 Å². The Kier molecular flexibility index (Phi) is 5.28. The van der Waals surface area contributed by atoms with Gasteiger partial charge in [0, 0.05) is 17.1 Å². The summed E-state index contributed by atoms with van der Waals surface area (Å²) in [5.41, 5.74) is 1.20. The number of hydrogen-bond acceptors (Lipinski definition) is 2. The Morgan fingerprint density at radius 3 is 2.73 bits per heavy atom. The van der Waals surface area contributed by atoms with E-state index in [4.69, 9.17) is 28.3 Å². The van der Waals surface area contributed by atoms with E-state index in [0.29, 0.717) is 5.03 Å². The van der Waals surface area contributed by atoms with E-state index in [0.717, 1.165) is 0 Å². The number of aliphatic carboxylic acids is 1. The van der Waals surface area contributed by atoms with Gasteiger partial charge >= 0.3 is 5.97 Å². The molecule has 0 aromatic carbocycles. The Labute approximate surface area is 75.0 Å². The van der Waals surface area contributed by atoms with Gasteiger partial charge in [-0.15, -0.1) is 0 Å². The quantitative estimate of drug-likeness (QED) is 0.717. The largest absolute Gasteiger partial charge is 0.480 e. The average Bonchev–Trinajstić information content (AvgIpc) is 1.99. The van der Waals surface area contributed by atoms with Crippen molar-refractivity contribution < 1.29 is 9.90 Å². The fourth-order valence-corrected chi connectivity index (χ4v) is 0.531. The highest BCUT2D eigenvalue weighted by Gasteiger charge is 2.08. The molecule has 0 amide bonds. The molecule has 0 aliphatic rings. The van der Waals surface area contributed by atoms with E-state index in [9.17, 15) is 4.79 Å². The lowest BCUT2D eigenvalue weighted by molar-refractivity contribution is -0.138. The summed E-state index contributed by atoms with van der Waals surface area (Å²) in [4.78, 5) is 10.2. The van der Waals surface area contributed by atoms with Crippen molar-refractivity contribution >= 4 is 29.2 Å². The lowest BCUT2D eigenvalue weighted by atomic mass is 10.3. The molecule has 3 nitrogen and oxygen atoms in total. The molecular weight excluding hydrogens is 189 g/mol. The monoisotopic (exact) mass is 197 g/mol. The highest BCUT2D eigenvalue weighted by atomic mass is 35.5. The van der Waals surface area contributed by atoms with Crippen molar-refractivity contribution in [3.8, 4) is 0 Å². The molecule has 0 radical (unpaired) electrons. The van der Waals surface area contributed by atoms with E-state index in [1.165, 1.54) is 12.5 Å². The summed E-state index contributed by atoms with van der Waals surface area (Å²) in [6, 6.07) is -0.611. The molecule has 64 valence electrons. The number of carbonyl (C=O) groups is 1. The number of rotatable bonds is 4. The van der Waals surface area contributed by atoms with Crippen molar-refractivity contribution in [3.05, 3.63) is 10.6 Å². The Balaban J connectivity index is 3.62. The van der Waals surface area contributed by atoms with E-state index in [1.807, 2.05) is 0 Å². The topological polar surface area (TPSA) is 49.3 Å². The van der Waals surface area contributed by atoms with Crippen LogP contribution in [0.4, 0.5) is 0 Å². The lowest BCUT2D eigenvalue weighted by Gasteiger charge is -2.06. The summed E-state index contributed by atoms with van der Waals surface area (Å²) in [6.07, 6.45) is 0. The van der Waals surface area contributed by atoms with Crippen molar-refractivity contribution in [1.82, 2.24) is 5.32 Å². The third kappa shape index (κ3) is 5.07. The fraction of sp³-hybridized carbons (Fsp3) is 0.500. The van der Waals surface area contributed by atoms with Gasteiger partial charge in [0.15, 0.2) is 0 Å². The maximum absolute atomic E-state index is 10.2. The Hall–Kier alpha value is -0.250. The number of nitrogens with one attached hydrogen (secondary N) is 1. The molecule has 0 heterocycles. The Morgan fingerprint density at radius 1 is 1.82 bits per heavy atom. The minimum Gasteiger partial charge on any atom is -0.480 e. The molecular formula is C6H9Cl2NO2. The highest BCUT2D eigenvalue weighted by Crippen LogP contribution is 2.00. The maximum Gasteiger partial charge on any atom is 0.320 e. The summed E-state index contributed by atoms with van der Waals surface area (Å²) in [5.74, 6) is -0.913. The second kappa shape index (κ2) is 5.41. The fourth-order valence-electron chi connectivity index (χ4n) is 0.376. The van der Waals surface area contributed by atoms with Crippen molar-refractivity contribution in [2.75, 3.05) is 6.54 Å². The van der Waals surface area contributed by atoms with E-state index < -0.39 is 12.0 Å². The van der Waals surface area contributed by atoms with Gasteiger partial charge in [0.2, 0.25) is 0 Å². The van der Waals surface area contributed by atoms with Crippen LogP contribution in [0.3, 0.4) is 0 Å². The van der Waals surface area contributed by atoms with Crippen LogP contribution in [0.25, 0.3) is 0 Å². The lowest BCUT2D eigenvalue weighted by Crippen LogP contribution is -2.34. The molecule has 0 saturated heterocycles. The first-order valence-corrected chi connectivity index (χ1v) is 3.80. The van der Waals surface area contributed by atoms with Crippen molar-refractivity contribution in [2.24, 2.45) is 0 Å². The van der Waals surface area contributed by atoms with Crippen LogP contribution >= 0.6 is 23.2 Å². The van der Waals surface area contributed by atoms with Crippen LogP contribution in [0.1, 0.15) is 6.92 Å². The van der Waals surface area contributed by atoms with Crippen LogP contribution in [0.2, 0.25) is 0 Å². The minimum absolute atomic E-state index is 0.276. The summed E-state index contributed by atoms with van der Waals surface area (Å²) in [7, 11) is 0. The molecule has 0 aliphatic heterocycles. The van der Waals surface area contributed by atoms with Crippen molar-refractivity contribution in [3.63, 3.8) is 0 Å². The van der Waals surface area contributed by atoms with Gasteiger partial charge in [-0.2, -0.15) is 0 Å².